The SMILES string of the molecule is CN(Cc1ccncc1)S(=O)(=O)c1c(F)cc(F)cc1Br. The Balaban J connectivity index is 2.38. The lowest BCUT2D eigenvalue weighted by atomic mass is 10.3. The normalized spacial score (nSPS) is 11.9. The molecule has 1 aromatic heterocycles. The summed E-state index contributed by atoms with van der Waals surface area (Å²) < 4.78 is 52.5. The number of benzene rings is 1. The van der Waals surface area contributed by atoms with Gasteiger partial charge in [-0.2, -0.15) is 4.31 Å². The molecule has 8 heteroatoms. The highest BCUT2D eigenvalue weighted by Gasteiger charge is 2.28. The Morgan fingerprint density at radius 3 is 2.43 bits per heavy atom. The number of halogens is 3. The monoisotopic (exact) mass is 376 g/mol. The van der Waals surface area contributed by atoms with Crippen molar-refractivity contribution in [2.45, 2.75) is 11.4 Å². The smallest absolute Gasteiger partial charge is 0.247 e. The molecule has 21 heavy (non-hydrogen) atoms. The van der Waals surface area contributed by atoms with Gasteiger partial charge in [0, 0.05) is 36.5 Å². The van der Waals surface area contributed by atoms with Gasteiger partial charge in [-0.3, -0.25) is 4.98 Å². The second kappa shape index (κ2) is 6.17. The van der Waals surface area contributed by atoms with Crippen LogP contribution in [-0.4, -0.2) is 24.8 Å². The van der Waals surface area contributed by atoms with Gasteiger partial charge in [0.1, 0.15) is 16.5 Å². The van der Waals surface area contributed by atoms with Gasteiger partial charge in [-0.15, -0.1) is 0 Å². The molecule has 0 bridgehead atoms. The van der Waals surface area contributed by atoms with Crippen LogP contribution in [0, 0.1) is 11.6 Å². The molecule has 1 aromatic carbocycles. The average Bonchev–Trinajstić information content (AvgIpc) is 2.38. The van der Waals surface area contributed by atoms with E-state index in [1.807, 2.05) is 0 Å². The highest BCUT2D eigenvalue weighted by molar-refractivity contribution is 9.10. The summed E-state index contributed by atoms with van der Waals surface area (Å²) in [6.45, 7) is 0.0497. The van der Waals surface area contributed by atoms with Gasteiger partial charge >= 0.3 is 0 Å². The summed E-state index contributed by atoms with van der Waals surface area (Å²) in [4.78, 5) is 3.25. The third kappa shape index (κ3) is 3.45. The van der Waals surface area contributed by atoms with Gasteiger partial charge < -0.3 is 0 Å². The predicted molar refractivity (Wildman–Crippen MR) is 76.9 cm³/mol. The zero-order valence-corrected chi connectivity index (χ0v) is 13.3. The number of nitrogens with zero attached hydrogens (tertiary/aromatic N) is 2. The first-order valence-electron chi connectivity index (χ1n) is 5.82. The Kier molecular flexibility index (Phi) is 4.70. The molecule has 2 aromatic rings. The number of aromatic nitrogens is 1. The van der Waals surface area contributed by atoms with Gasteiger partial charge in [-0.25, -0.2) is 17.2 Å². The Morgan fingerprint density at radius 1 is 1.24 bits per heavy atom. The van der Waals surface area contributed by atoms with Crippen molar-refractivity contribution in [2.24, 2.45) is 0 Å². The van der Waals surface area contributed by atoms with Gasteiger partial charge in [-0.1, -0.05) is 0 Å². The van der Waals surface area contributed by atoms with Crippen LogP contribution in [0.5, 0.6) is 0 Å². The lowest BCUT2D eigenvalue weighted by Crippen LogP contribution is -2.27. The zero-order valence-electron chi connectivity index (χ0n) is 10.9. The molecule has 4 nitrogen and oxygen atoms in total. The maximum absolute atomic E-state index is 13.8. The van der Waals surface area contributed by atoms with Gasteiger partial charge in [0.05, 0.1) is 0 Å². The van der Waals surface area contributed by atoms with E-state index < -0.39 is 26.6 Å². The van der Waals surface area contributed by atoms with Crippen molar-refractivity contribution < 1.29 is 17.2 Å². The first kappa shape index (κ1) is 16.0. The topological polar surface area (TPSA) is 50.3 Å². The second-order valence-corrected chi connectivity index (χ2v) is 7.15. The van der Waals surface area contributed by atoms with Gasteiger partial charge in [0.15, 0.2) is 0 Å². The second-order valence-electron chi connectivity index (χ2n) is 4.32. The van der Waals surface area contributed by atoms with Crippen LogP contribution >= 0.6 is 15.9 Å². The van der Waals surface area contributed by atoms with Crippen LogP contribution in [0.25, 0.3) is 0 Å². The molecular weight excluding hydrogens is 366 g/mol. The first-order valence-corrected chi connectivity index (χ1v) is 8.05. The Morgan fingerprint density at radius 2 is 1.86 bits per heavy atom. The van der Waals surface area contributed by atoms with Gasteiger partial charge in [0.25, 0.3) is 0 Å². The molecule has 0 radical (unpaired) electrons. The third-order valence-electron chi connectivity index (χ3n) is 2.79. The molecule has 0 N–H and O–H groups in total. The van der Waals surface area contributed by atoms with Crippen LogP contribution in [0.1, 0.15) is 5.56 Å². The number of hydrogen-bond donors (Lipinski definition) is 0. The molecular formula is C13H11BrF2N2O2S. The lowest BCUT2D eigenvalue weighted by molar-refractivity contribution is 0.457. The van der Waals surface area contributed by atoms with Crippen LogP contribution in [0.2, 0.25) is 0 Å². The van der Waals surface area contributed by atoms with E-state index >= 15 is 0 Å². The van der Waals surface area contributed by atoms with Crippen molar-refractivity contribution in [1.82, 2.24) is 9.29 Å². The van der Waals surface area contributed by atoms with E-state index in [0.29, 0.717) is 11.6 Å². The molecule has 0 fully saturated rings. The van der Waals surface area contributed by atoms with E-state index in [-0.39, 0.29) is 11.0 Å². The lowest BCUT2D eigenvalue weighted by Gasteiger charge is -2.18. The van der Waals surface area contributed by atoms with Crippen LogP contribution in [-0.2, 0) is 16.6 Å². The van der Waals surface area contributed by atoms with Crippen molar-refractivity contribution in [3.8, 4) is 0 Å². The van der Waals surface area contributed by atoms with E-state index in [2.05, 4.69) is 20.9 Å². The summed E-state index contributed by atoms with van der Waals surface area (Å²) >= 11 is 2.89. The maximum atomic E-state index is 13.8. The van der Waals surface area contributed by atoms with Crippen molar-refractivity contribution in [2.75, 3.05) is 7.05 Å². The Hall–Kier alpha value is -1.38. The summed E-state index contributed by atoms with van der Waals surface area (Å²) in [5.74, 6) is -1.99. The minimum absolute atomic E-state index is 0.0497. The summed E-state index contributed by atoms with van der Waals surface area (Å²) in [6.07, 6.45) is 3.06. The van der Waals surface area contributed by atoms with E-state index in [1.54, 1.807) is 12.1 Å². The van der Waals surface area contributed by atoms with E-state index in [1.165, 1.54) is 19.4 Å². The van der Waals surface area contributed by atoms with Gasteiger partial charge in [-0.05, 0) is 39.7 Å². The van der Waals surface area contributed by atoms with Crippen molar-refractivity contribution in [1.29, 1.82) is 0 Å². The fourth-order valence-electron chi connectivity index (χ4n) is 1.76. The minimum atomic E-state index is -4.09. The maximum Gasteiger partial charge on any atom is 0.247 e. The third-order valence-corrected chi connectivity index (χ3v) is 5.55. The molecule has 0 aliphatic heterocycles. The van der Waals surface area contributed by atoms with Crippen LogP contribution in [0.3, 0.4) is 0 Å². The first-order chi connectivity index (χ1) is 9.82. The number of rotatable bonds is 4. The molecule has 1 heterocycles. The molecule has 0 atom stereocenters. The van der Waals surface area contributed by atoms with E-state index in [4.69, 9.17) is 0 Å². The molecule has 0 saturated heterocycles. The Labute approximate surface area is 129 Å². The largest absolute Gasteiger partial charge is 0.265 e. The molecule has 112 valence electrons. The molecule has 0 unspecified atom stereocenters. The summed E-state index contributed by atoms with van der Waals surface area (Å²) in [6, 6.07) is 4.76. The molecule has 0 spiro atoms. The fraction of sp³-hybridized carbons (Fsp3) is 0.154. The number of sulfonamides is 1. The van der Waals surface area contributed by atoms with Crippen molar-refractivity contribution in [3.05, 3.63) is 58.3 Å². The molecule has 0 aliphatic carbocycles. The quantitative estimate of drug-likeness (QED) is 0.824. The predicted octanol–water partition coefficient (Wildman–Crippen LogP) is 2.94. The van der Waals surface area contributed by atoms with E-state index in [9.17, 15) is 17.2 Å². The number of hydrogen-bond acceptors (Lipinski definition) is 3. The zero-order chi connectivity index (χ0) is 15.6. The van der Waals surface area contributed by atoms with Crippen LogP contribution < -0.4 is 0 Å². The minimum Gasteiger partial charge on any atom is -0.265 e. The van der Waals surface area contributed by atoms with Crippen molar-refractivity contribution >= 4 is 26.0 Å². The van der Waals surface area contributed by atoms with E-state index in [0.717, 1.165) is 10.4 Å². The van der Waals surface area contributed by atoms with Crippen LogP contribution in [0.15, 0.2) is 46.0 Å². The standard InChI is InChI=1S/C13H11BrF2N2O2S/c1-18(8-9-2-4-17-5-3-9)21(19,20)13-11(14)6-10(15)7-12(13)16/h2-7H,8H2,1H3. The Bertz CT molecular complexity index is 731. The number of pyridine rings is 1. The summed E-state index contributed by atoms with van der Waals surface area (Å²) in [7, 11) is -2.77. The van der Waals surface area contributed by atoms with Gasteiger partial charge in [0.2, 0.25) is 10.0 Å². The highest BCUT2D eigenvalue weighted by Crippen LogP contribution is 2.29. The average molecular weight is 377 g/mol. The highest BCUT2D eigenvalue weighted by atomic mass is 79.9. The summed E-state index contributed by atoms with van der Waals surface area (Å²) in [5.41, 5.74) is 0.703. The molecule has 0 amide bonds. The molecule has 0 aliphatic rings. The summed E-state index contributed by atoms with van der Waals surface area (Å²) in [5, 5.41) is 0. The van der Waals surface area contributed by atoms with Crippen LogP contribution in [0.4, 0.5) is 8.78 Å². The molecule has 2 rings (SSSR count). The van der Waals surface area contributed by atoms with Crippen molar-refractivity contribution in [3.63, 3.8) is 0 Å². The fourth-order valence-corrected chi connectivity index (χ4v) is 4.02. The molecule has 0 saturated carbocycles.